The number of methoxy groups -OCH3 is 2. The number of nitrogens with one attached hydrogen (secondary N) is 2. The van der Waals surface area contributed by atoms with Gasteiger partial charge in [-0.2, -0.15) is 14.3 Å². The lowest BCUT2D eigenvalue weighted by atomic mass is 9.80. The van der Waals surface area contributed by atoms with E-state index in [0.717, 1.165) is 20.8 Å². The quantitative estimate of drug-likeness (QED) is 0.0396. The van der Waals surface area contributed by atoms with Crippen LogP contribution in [0.2, 0.25) is 0 Å². The van der Waals surface area contributed by atoms with Crippen molar-refractivity contribution in [3.05, 3.63) is 161 Å². The highest BCUT2D eigenvalue weighted by Crippen LogP contribution is 2.72. The van der Waals surface area contributed by atoms with Gasteiger partial charge < -0.3 is 24.1 Å². The minimum Gasteiger partial charge on any atom is -0.497 e. The van der Waals surface area contributed by atoms with E-state index in [1.807, 2.05) is 134 Å². The molecular weight excluding hydrogens is 918 g/mol. The molecule has 0 spiro atoms. The molecule has 3 aromatic carbocycles. The zero-order chi connectivity index (χ0) is 51.1. The van der Waals surface area contributed by atoms with Crippen molar-refractivity contribution in [3.8, 4) is 17.6 Å². The molecule has 0 radical (unpaired) electrons. The molecule has 5 aromatic rings. The van der Waals surface area contributed by atoms with Crippen molar-refractivity contribution in [2.24, 2.45) is 0 Å². The topological polar surface area (TPSA) is 216 Å². The number of aliphatic hydroxyl groups is 1. The van der Waals surface area contributed by atoms with Crippen molar-refractivity contribution >= 4 is 8.02 Å². The Morgan fingerprint density at radius 3 is 1.80 bits per heavy atom. The van der Waals surface area contributed by atoms with Gasteiger partial charge in [0.2, 0.25) is 0 Å². The second kappa shape index (κ2) is 22.6. The van der Waals surface area contributed by atoms with E-state index in [0.29, 0.717) is 22.6 Å². The smallest absolute Gasteiger partial charge is 0.437 e. The van der Waals surface area contributed by atoms with E-state index < -0.39 is 66.7 Å². The largest absolute Gasteiger partial charge is 0.497 e. The summed E-state index contributed by atoms with van der Waals surface area (Å²) < 4.78 is 46.8. The first-order valence-corrected chi connectivity index (χ1v) is 25.0. The summed E-state index contributed by atoms with van der Waals surface area (Å²) in [5.41, 5.74) is -4.63. The number of nitrogens with zero attached hydrogens (tertiary/aromatic N) is 5. The standard InChI is InChI=1S/C51H66N7O11P/c1-33(2)57(34(3)4)70(67-29-15-27-52,58(35(5)6)36(7)8)69-45-43(68-47(56-28-26-44(59)53-49(56)62)50(45,63)32-55-30-37(9)46(60)54-48(55)61)31-66-51(38-16-13-12-14-17-38,39-18-22-41(64-10)23-19-39)40-20-24-42(65-11)25-21-40/h12-14,16-26,28,30,33-36,43,45,47,63H,15,29,31-32H2,1-11H3,(H-,53,54,59,60,61,62)/p+1/t43-,45-,47-,50+/m1/s1. The Kier molecular flexibility index (Phi) is 17.3. The van der Waals surface area contributed by atoms with Crippen molar-refractivity contribution in [2.75, 3.05) is 27.4 Å². The zero-order valence-corrected chi connectivity index (χ0v) is 42.7. The number of hydrogen-bond donors (Lipinski definition) is 3. The van der Waals surface area contributed by atoms with E-state index in [-0.39, 0.29) is 49.4 Å². The van der Waals surface area contributed by atoms with Crippen molar-refractivity contribution in [1.29, 1.82) is 5.26 Å². The molecule has 70 heavy (non-hydrogen) atoms. The van der Waals surface area contributed by atoms with Crippen LogP contribution in [0.5, 0.6) is 11.5 Å². The summed E-state index contributed by atoms with van der Waals surface area (Å²) in [5, 5.41) is 23.9. The summed E-state index contributed by atoms with van der Waals surface area (Å²) in [6, 6.07) is 26.8. The number of benzene rings is 3. The van der Waals surface area contributed by atoms with Crippen LogP contribution >= 0.6 is 8.02 Å². The van der Waals surface area contributed by atoms with Gasteiger partial charge in [-0.25, -0.2) is 9.59 Å². The van der Waals surface area contributed by atoms with Gasteiger partial charge in [0.15, 0.2) is 17.9 Å². The maximum atomic E-state index is 14.0. The molecule has 1 aliphatic heterocycles. The minimum atomic E-state index is -3.76. The first-order chi connectivity index (χ1) is 33.3. The molecule has 1 fully saturated rings. The first-order valence-electron chi connectivity index (χ1n) is 23.4. The molecule has 4 atom stereocenters. The highest BCUT2D eigenvalue weighted by molar-refractivity contribution is 7.61. The summed E-state index contributed by atoms with van der Waals surface area (Å²) in [6.45, 7) is 16.6. The van der Waals surface area contributed by atoms with Gasteiger partial charge in [-0.1, -0.05) is 54.6 Å². The lowest BCUT2D eigenvalue weighted by molar-refractivity contribution is -0.122. The number of aromatic amines is 2. The molecule has 2 aromatic heterocycles. The molecule has 0 saturated carbocycles. The van der Waals surface area contributed by atoms with Gasteiger partial charge >= 0.3 is 19.4 Å². The van der Waals surface area contributed by atoms with Gasteiger partial charge in [-0.3, -0.25) is 28.7 Å². The third-order valence-corrected chi connectivity index (χ3v) is 16.4. The van der Waals surface area contributed by atoms with E-state index in [4.69, 9.17) is 28.0 Å². The van der Waals surface area contributed by atoms with Crippen molar-refractivity contribution in [2.45, 2.75) is 129 Å². The monoisotopic (exact) mass is 984 g/mol. The fourth-order valence-electron chi connectivity index (χ4n) is 9.59. The summed E-state index contributed by atoms with van der Waals surface area (Å²) in [7, 11) is -0.603. The molecule has 6 rings (SSSR count). The molecule has 0 unspecified atom stereocenters. The fourth-order valence-corrected chi connectivity index (χ4v) is 13.7. The Labute approximate surface area is 408 Å². The number of aromatic nitrogens is 4. The number of H-pyrrole nitrogens is 2. The second-order valence-corrected chi connectivity index (χ2v) is 20.8. The molecule has 376 valence electrons. The predicted molar refractivity (Wildman–Crippen MR) is 267 cm³/mol. The molecule has 1 aliphatic rings. The lowest BCUT2D eigenvalue weighted by Gasteiger charge is -2.47. The van der Waals surface area contributed by atoms with Crippen LogP contribution in [0.15, 0.2) is 117 Å². The maximum Gasteiger partial charge on any atom is 0.437 e. The second-order valence-electron chi connectivity index (χ2n) is 18.4. The summed E-state index contributed by atoms with van der Waals surface area (Å²) in [6.07, 6.45) is -2.02. The van der Waals surface area contributed by atoms with E-state index in [1.54, 1.807) is 14.2 Å². The van der Waals surface area contributed by atoms with Gasteiger partial charge in [0.1, 0.15) is 29.8 Å². The molecule has 19 heteroatoms. The fraction of sp³-hybridized carbons (Fsp3) is 0.471. The lowest BCUT2D eigenvalue weighted by Crippen LogP contribution is -2.57. The predicted octanol–water partition coefficient (Wildman–Crippen LogP) is 6.28. The molecule has 1 saturated heterocycles. The van der Waals surface area contributed by atoms with Crippen LogP contribution in [0.1, 0.15) is 90.3 Å². The van der Waals surface area contributed by atoms with Crippen LogP contribution in [-0.2, 0) is 30.7 Å². The number of hydrogen-bond acceptors (Lipinski definition) is 14. The third-order valence-electron chi connectivity index (χ3n) is 12.3. The average Bonchev–Trinajstić information content (AvgIpc) is 3.57. The van der Waals surface area contributed by atoms with Crippen LogP contribution in [0.25, 0.3) is 0 Å². The summed E-state index contributed by atoms with van der Waals surface area (Å²) in [4.78, 5) is 57.8. The minimum absolute atomic E-state index is 0.00189. The van der Waals surface area contributed by atoms with Crippen molar-refractivity contribution < 1.29 is 33.1 Å². The molecular formula is C51H67N7O11P+. The van der Waals surface area contributed by atoms with Crippen molar-refractivity contribution in [3.63, 3.8) is 0 Å². The van der Waals surface area contributed by atoms with Gasteiger partial charge in [0.25, 0.3) is 11.1 Å². The maximum absolute atomic E-state index is 14.0. The Bertz CT molecular complexity index is 2720. The van der Waals surface area contributed by atoms with Crippen LogP contribution in [0, 0.1) is 18.3 Å². The highest BCUT2D eigenvalue weighted by atomic mass is 31.2. The molecule has 0 bridgehead atoms. The van der Waals surface area contributed by atoms with Gasteiger partial charge in [-0.05, 0) is 103 Å². The van der Waals surface area contributed by atoms with Gasteiger partial charge in [0.05, 0.1) is 39.9 Å². The highest BCUT2D eigenvalue weighted by Gasteiger charge is 2.69. The zero-order valence-electron chi connectivity index (χ0n) is 41.8. The summed E-state index contributed by atoms with van der Waals surface area (Å²) in [5.74, 6) is 1.22. The molecule has 3 heterocycles. The molecule has 0 amide bonds. The van der Waals surface area contributed by atoms with E-state index in [2.05, 4.69) is 25.4 Å². The van der Waals surface area contributed by atoms with Crippen LogP contribution < -0.4 is 32.0 Å². The normalized spacial score (nSPS) is 18.7. The summed E-state index contributed by atoms with van der Waals surface area (Å²) >= 11 is 0. The average molecular weight is 985 g/mol. The van der Waals surface area contributed by atoms with Crippen LogP contribution in [-0.4, -0.2) is 103 Å². The Hall–Kier alpha value is -5.74. The molecule has 0 aliphatic carbocycles. The Morgan fingerprint density at radius 1 is 0.786 bits per heavy atom. The number of ether oxygens (including phenoxy) is 4. The number of rotatable bonds is 22. The van der Waals surface area contributed by atoms with E-state index in [9.17, 15) is 29.5 Å². The SMILES string of the molecule is COc1ccc(C(OC[C@H]2O[C@@H](n3ccc(=O)[nH]c3=O)[C@](O)(Cn3cc(C)c(=O)[nH]c3=O)[C@@H]2O[P+](OCCC#N)(N(C(C)C)C(C)C)N(C(C)C)C(C)C)(c2ccccc2)c2ccc(OC)cc2)cc1. The molecule has 18 nitrogen and oxygen atoms in total. The molecule has 3 N–H and O–H groups in total. The Morgan fingerprint density at radius 2 is 1.31 bits per heavy atom. The van der Waals surface area contributed by atoms with Gasteiger partial charge in [0, 0.05) is 48.2 Å². The first kappa shape index (κ1) is 53.6. The van der Waals surface area contributed by atoms with Crippen LogP contribution in [0.3, 0.4) is 0 Å². The number of aryl methyl sites for hydroxylation is 1. The van der Waals surface area contributed by atoms with Crippen molar-refractivity contribution in [1.82, 2.24) is 28.4 Å². The number of nitriles is 1. The van der Waals surface area contributed by atoms with E-state index >= 15 is 0 Å². The van der Waals surface area contributed by atoms with Gasteiger partial charge in [-0.15, -0.1) is 9.34 Å². The third kappa shape index (κ3) is 10.8. The van der Waals surface area contributed by atoms with E-state index in [1.165, 1.54) is 19.3 Å². The van der Waals surface area contributed by atoms with Crippen LogP contribution in [0.4, 0.5) is 0 Å². The Balaban J connectivity index is 1.70.